The van der Waals surface area contributed by atoms with Gasteiger partial charge in [-0.3, -0.25) is 0 Å². The summed E-state index contributed by atoms with van der Waals surface area (Å²) in [5.41, 5.74) is 1.01. The molecule has 0 radical (unpaired) electrons. The first-order valence-corrected chi connectivity index (χ1v) is 7.47. The van der Waals surface area contributed by atoms with Gasteiger partial charge in [-0.1, -0.05) is 36.7 Å². The first-order chi connectivity index (χ1) is 9.13. The Balaban J connectivity index is 2.32. The van der Waals surface area contributed by atoms with Gasteiger partial charge in [0.2, 0.25) is 0 Å². The van der Waals surface area contributed by atoms with Gasteiger partial charge in [0, 0.05) is 12.1 Å². The lowest BCUT2D eigenvalue weighted by atomic mass is 9.73. The topological polar surface area (TPSA) is 21.3 Å². The van der Waals surface area contributed by atoms with Gasteiger partial charge >= 0.3 is 0 Å². The highest BCUT2D eigenvalue weighted by molar-refractivity contribution is 6.31. The molecule has 2 nitrogen and oxygen atoms in total. The molecule has 1 aliphatic carbocycles. The molecule has 1 aliphatic rings. The van der Waals surface area contributed by atoms with Crippen LogP contribution in [0.25, 0.3) is 0 Å². The van der Waals surface area contributed by atoms with Crippen LogP contribution in [-0.4, -0.2) is 19.8 Å². The van der Waals surface area contributed by atoms with Gasteiger partial charge in [-0.25, -0.2) is 0 Å². The number of nitrogens with one attached hydrogen (secondary N) is 1. The third-order valence-corrected chi connectivity index (χ3v) is 4.90. The molecule has 1 aromatic carbocycles. The van der Waals surface area contributed by atoms with E-state index in [-0.39, 0.29) is 11.6 Å². The SMILES string of the molecule is CNC(c1ccccc1Cl)C1(OC)CCC(C)CC1. The van der Waals surface area contributed by atoms with Crippen LogP contribution in [0.4, 0.5) is 0 Å². The molecule has 19 heavy (non-hydrogen) atoms. The molecule has 0 amide bonds. The second kappa shape index (κ2) is 6.25. The molecule has 0 aromatic heterocycles. The van der Waals surface area contributed by atoms with Crippen molar-refractivity contribution >= 4 is 11.6 Å². The summed E-state index contributed by atoms with van der Waals surface area (Å²) in [6, 6.07) is 8.22. The summed E-state index contributed by atoms with van der Waals surface area (Å²) in [4.78, 5) is 0. The van der Waals surface area contributed by atoms with Gasteiger partial charge < -0.3 is 10.1 Å². The second-order valence-corrected chi connectivity index (χ2v) is 6.10. The molecule has 0 aliphatic heterocycles. The van der Waals surface area contributed by atoms with E-state index in [0.29, 0.717) is 0 Å². The number of hydrogen-bond acceptors (Lipinski definition) is 2. The standard InChI is InChI=1S/C16H24ClNO/c1-12-8-10-16(19-3,11-9-12)15(18-2)13-6-4-5-7-14(13)17/h4-7,12,15,18H,8-11H2,1-3H3. The van der Waals surface area contributed by atoms with E-state index >= 15 is 0 Å². The maximum absolute atomic E-state index is 6.37. The highest BCUT2D eigenvalue weighted by Crippen LogP contribution is 2.44. The van der Waals surface area contributed by atoms with Gasteiger partial charge in [0.05, 0.1) is 11.6 Å². The number of ether oxygens (including phenoxy) is 1. The normalized spacial score (nSPS) is 29.2. The van der Waals surface area contributed by atoms with Gasteiger partial charge in [0.25, 0.3) is 0 Å². The monoisotopic (exact) mass is 281 g/mol. The molecule has 0 heterocycles. The molecule has 1 atom stereocenters. The fraction of sp³-hybridized carbons (Fsp3) is 0.625. The van der Waals surface area contributed by atoms with Crippen molar-refractivity contribution in [3.05, 3.63) is 34.9 Å². The van der Waals surface area contributed by atoms with Crippen LogP contribution < -0.4 is 5.32 Å². The van der Waals surface area contributed by atoms with Crippen LogP contribution in [0.3, 0.4) is 0 Å². The lowest BCUT2D eigenvalue weighted by molar-refractivity contribution is -0.0744. The zero-order chi connectivity index (χ0) is 13.9. The summed E-state index contributed by atoms with van der Waals surface area (Å²) in [5.74, 6) is 0.798. The third kappa shape index (κ3) is 2.96. The second-order valence-electron chi connectivity index (χ2n) is 5.69. The number of methoxy groups -OCH3 is 1. The van der Waals surface area contributed by atoms with Crippen molar-refractivity contribution in [2.75, 3.05) is 14.2 Å². The Hall–Kier alpha value is -0.570. The van der Waals surface area contributed by atoms with Crippen molar-refractivity contribution in [3.8, 4) is 0 Å². The first kappa shape index (κ1) is 14.8. The summed E-state index contributed by atoms with van der Waals surface area (Å²) >= 11 is 6.37. The minimum atomic E-state index is -0.133. The van der Waals surface area contributed by atoms with Crippen LogP contribution >= 0.6 is 11.6 Å². The molecular weight excluding hydrogens is 258 g/mol. The van der Waals surface area contributed by atoms with E-state index in [2.05, 4.69) is 18.3 Å². The van der Waals surface area contributed by atoms with Crippen molar-refractivity contribution in [1.82, 2.24) is 5.32 Å². The molecule has 1 unspecified atom stereocenters. The molecule has 2 rings (SSSR count). The van der Waals surface area contributed by atoms with Crippen molar-refractivity contribution in [2.24, 2.45) is 5.92 Å². The maximum Gasteiger partial charge on any atom is 0.0873 e. The Morgan fingerprint density at radius 3 is 2.47 bits per heavy atom. The number of benzene rings is 1. The number of halogens is 1. The summed E-state index contributed by atoms with van der Waals surface area (Å²) in [5, 5.41) is 4.24. The van der Waals surface area contributed by atoms with E-state index in [9.17, 15) is 0 Å². The molecule has 0 saturated heterocycles. The van der Waals surface area contributed by atoms with E-state index in [4.69, 9.17) is 16.3 Å². The Kier molecular flexibility index (Phi) is 4.88. The van der Waals surface area contributed by atoms with E-state index < -0.39 is 0 Å². The number of rotatable bonds is 4. The maximum atomic E-state index is 6.37. The van der Waals surface area contributed by atoms with Crippen molar-refractivity contribution < 1.29 is 4.74 Å². The molecule has 106 valence electrons. The highest BCUT2D eigenvalue weighted by atomic mass is 35.5. The van der Waals surface area contributed by atoms with Crippen LogP contribution in [-0.2, 0) is 4.74 Å². The minimum Gasteiger partial charge on any atom is -0.376 e. The summed E-state index contributed by atoms with van der Waals surface area (Å²) in [6.45, 7) is 2.32. The molecule has 1 N–H and O–H groups in total. The van der Waals surface area contributed by atoms with Crippen molar-refractivity contribution in [1.29, 1.82) is 0 Å². The van der Waals surface area contributed by atoms with Crippen LogP contribution in [0, 0.1) is 5.92 Å². The molecule has 1 aromatic rings. The van der Waals surface area contributed by atoms with Crippen LogP contribution in [0.15, 0.2) is 24.3 Å². The zero-order valence-electron chi connectivity index (χ0n) is 12.1. The quantitative estimate of drug-likeness (QED) is 0.893. The Labute approximate surface area is 121 Å². The first-order valence-electron chi connectivity index (χ1n) is 7.10. The molecular formula is C16H24ClNO. The largest absolute Gasteiger partial charge is 0.376 e. The lowest BCUT2D eigenvalue weighted by Crippen LogP contribution is -2.47. The van der Waals surface area contributed by atoms with Gasteiger partial charge in [-0.05, 0) is 50.3 Å². The van der Waals surface area contributed by atoms with Gasteiger partial charge in [-0.2, -0.15) is 0 Å². The Morgan fingerprint density at radius 2 is 1.95 bits per heavy atom. The number of likely N-dealkylation sites (N-methyl/N-ethyl adjacent to an activating group) is 1. The summed E-state index contributed by atoms with van der Waals surface area (Å²) in [7, 11) is 3.82. The predicted molar refractivity (Wildman–Crippen MR) is 80.6 cm³/mol. The van der Waals surface area contributed by atoms with E-state index in [1.165, 1.54) is 12.8 Å². The third-order valence-electron chi connectivity index (χ3n) is 4.56. The molecule has 3 heteroatoms. The number of hydrogen-bond donors (Lipinski definition) is 1. The van der Waals surface area contributed by atoms with Crippen LogP contribution in [0.2, 0.25) is 5.02 Å². The fourth-order valence-corrected chi connectivity index (χ4v) is 3.52. The van der Waals surface area contributed by atoms with Gasteiger partial charge in [-0.15, -0.1) is 0 Å². The smallest absolute Gasteiger partial charge is 0.0873 e. The predicted octanol–water partition coefficient (Wildman–Crippen LogP) is 4.20. The van der Waals surface area contributed by atoms with E-state index in [1.54, 1.807) is 0 Å². The lowest BCUT2D eigenvalue weighted by Gasteiger charge is -2.44. The van der Waals surface area contributed by atoms with E-state index in [1.807, 2.05) is 32.4 Å². The fourth-order valence-electron chi connectivity index (χ4n) is 3.27. The molecule has 0 spiro atoms. The van der Waals surface area contributed by atoms with E-state index in [0.717, 1.165) is 29.3 Å². The zero-order valence-corrected chi connectivity index (χ0v) is 12.8. The average Bonchev–Trinajstić information content (AvgIpc) is 2.44. The minimum absolute atomic E-state index is 0.133. The van der Waals surface area contributed by atoms with Crippen LogP contribution in [0.5, 0.6) is 0 Å². The van der Waals surface area contributed by atoms with Crippen molar-refractivity contribution in [3.63, 3.8) is 0 Å². The molecule has 0 bridgehead atoms. The Morgan fingerprint density at radius 1 is 1.32 bits per heavy atom. The highest BCUT2D eigenvalue weighted by Gasteiger charge is 2.42. The van der Waals surface area contributed by atoms with Gasteiger partial charge in [0.15, 0.2) is 0 Å². The average molecular weight is 282 g/mol. The summed E-state index contributed by atoms with van der Waals surface area (Å²) in [6.07, 6.45) is 4.61. The molecule has 1 saturated carbocycles. The molecule has 1 fully saturated rings. The Bertz CT molecular complexity index is 413. The van der Waals surface area contributed by atoms with Crippen molar-refractivity contribution in [2.45, 2.75) is 44.2 Å². The summed E-state index contributed by atoms with van der Waals surface area (Å²) < 4.78 is 5.97. The van der Waals surface area contributed by atoms with Gasteiger partial charge in [0.1, 0.15) is 0 Å². The van der Waals surface area contributed by atoms with Crippen LogP contribution in [0.1, 0.15) is 44.2 Å².